The van der Waals surface area contributed by atoms with Gasteiger partial charge >= 0.3 is 0 Å². The minimum absolute atomic E-state index is 0.277. The van der Waals surface area contributed by atoms with Crippen LogP contribution in [0.1, 0.15) is 51.2 Å². The van der Waals surface area contributed by atoms with E-state index in [4.69, 9.17) is 4.52 Å². The average Bonchev–Trinajstić information content (AvgIpc) is 3.41. The Morgan fingerprint density at radius 3 is 2.50 bits per heavy atom. The minimum atomic E-state index is -3.78. The molecule has 2 aromatic carbocycles. The maximum Gasteiger partial charge on any atom is 0.242 e. The van der Waals surface area contributed by atoms with E-state index in [9.17, 15) is 8.42 Å². The fraction of sp³-hybridized carbons (Fsp3) is 0.455. The third-order valence-corrected chi connectivity index (χ3v) is 7.57. The van der Waals surface area contributed by atoms with Gasteiger partial charge in [-0.3, -0.25) is 4.90 Å². The van der Waals surface area contributed by atoms with Crippen LogP contribution in [-0.4, -0.2) is 36.5 Å². The van der Waals surface area contributed by atoms with Gasteiger partial charge in [-0.2, -0.15) is 9.71 Å². The monoisotopic (exact) mass is 428 g/mol. The van der Waals surface area contributed by atoms with Crippen LogP contribution in [0.25, 0.3) is 10.8 Å². The van der Waals surface area contributed by atoms with E-state index in [-0.39, 0.29) is 4.90 Å². The topological polar surface area (TPSA) is 88.3 Å². The maximum atomic E-state index is 13.5. The van der Waals surface area contributed by atoms with Crippen molar-refractivity contribution in [3.8, 4) is 0 Å². The van der Waals surface area contributed by atoms with Gasteiger partial charge in [0.05, 0.1) is 17.0 Å². The standard InChI is InChI=1S/C22H28N4O3S/c1-3-26(4-2)16-20-23-21(24-29-20)22(14-7-8-15-22)25-30(27,28)19-13-9-11-17-10-5-6-12-18(17)19/h5-6,9-13,25H,3-4,7-8,14-16H2,1-2H3. The highest BCUT2D eigenvalue weighted by atomic mass is 32.2. The number of sulfonamides is 1. The van der Waals surface area contributed by atoms with Crippen LogP contribution in [0.4, 0.5) is 0 Å². The second kappa shape index (κ2) is 8.45. The Morgan fingerprint density at radius 1 is 1.07 bits per heavy atom. The number of hydrogen-bond acceptors (Lipinski definition) is 6. The van der Waals surface area contributed by atoms with Crippen molar-refractivity contribution >= 4 is 20.8 Å². The van der Waals surface area contributed by atoms with Gasteiger partial charge in [0.25, 0.3) is 0 Å². The summed E-state index contributed by atoms with van der Waals surface area (Å²) in [5.74, 6) is 0.954. The molecule has 3 aromatic rings. The molecular weight excluding hydrogens is 400 g/mol. The van der Waals surface area contributed by atoms with Gasteiger partial charge < -0.3 is 4.52 Å². The molecule has 0 unspecified atom stereocenters. The third-order valence-electron chi connectivity index (χ3n) is 5.98. The van der Waals surface area contributed by atoms with Gasteiger partial charge in [0.1, 0.15) is 0 Å². The van der Waals surface area contributed by atoms with Crippen molar-refractivity contribution in [2.75, 3.05) is 13.1 Å². The molecular formula is C22H28N4O3S. The summed E-state index contributed by atoms with van der Waals surface area (Å²) in [5.41, 5.74) is -0.833. The molecule has 1 aliphatic rings. The second-order valence-electron chi connectivity index (χ2n) is 7.85. The lowest BCUT2D eigenvalue weighted by Gasteiger charge is -2.26. The number of rotatable bonds is 8. The van der Waals surface area contributed by atoms with Crippen LogP contribution in [0, 0.1) is 0 Å². The van der Waals surface area contributed by atoms with Crippen molar-refractivity contribution in [1.82, 2.24) is 19.8 Å². The normalized spacial score (nSPS) is 16.5. The first-order valence-electron chi connectivity index (χ1n) is 10.5. The lowest BCUT2D eigenvalue weighted by molar-refractivity contribution is 0.244. The Labute approximate surface area is 177 Å². The summed E-state index contributed by atoms with van der Waals surface area (Å²) in [7, 11) is -3.78. The molecule has 0 aliphatic heterocycles. The minimum Gasteiger partial charge on any atom is -0.338 e. The SMILES string of the molecule is CCN(CC)Cc1nc(C2(NS(=O)(=O)c3cccc4ccccc34)CCCC2)no1. The molecule has 8 heteroatoms. The van der Waals surface area contributed by atoms with E-state index >= 15 is 0 Å². The van der Waals surface area contributed by atoms with E-state index in [0.717, 1.165) is 31.3 Å². The van der Waals surface area contributed by atoms with Crippen molar-refractivity contribution in [1.29, 1.82) is 0 Å². The number of aromatic nitrogens is 2. The Bertz CT molecular complexity index is 1110. The fourth-order valence-electron chi connectivity index (χ4n) is 4.24. The largest absolute Gasteiger partial charge is 0.338 e. The van der Waals surface area contributed by atoms with E-state index in [1.807, 2.05) is 30.3 Å². The van der Waals surface area contributed by atoms with E-state index in [1.54, 1.807) is 12.1 Å². The molecule has 160 valence electrons. The summed E-state index contributed by atoms with van der Waals surface area (Å²) in [6, 6.07) is 12.8. The first kappa shape index (κ1) is 21.0. The van der Waals surface area contributed by atoms with Gasteiger partial charge in [0.15, 0.2) is 5.82 Å². The maximum absolute atomic E-state index is 13.5. The first-order chi connectivity index (χ1) is 14.5. The lowest BCUT2D eigenvalue weighted by atomic mass is 9.98. The van der Waals surface area contributed by atoms with Crippen molar-refractivity contribution in [3.05, 3.63) is 54.2 Å². The predicted molar refractivity (Wildman–Crippen MR) is 115 cm³/mol. The van der Waals surface area contributed by atoms with Gasteiger partial charge in [-0.25, -0.2) is 8.42 Å². The van der Waals surface area contributed by atoms with Gasteiger partial charge in [-0.05, 0) is 37.4 Å². The number of nitrogens with zero attached hydrogens (tertiary/aromatic N) is 3. The van der Waals surface area contributed by atoms with Crippen LogP contribution in [0.5, 0.6) is 0 Å². The van der Waals surface area contributed by atoms with Crippen molar-refractivity contribution in [2.24, 2.45) is 0 Å². The predicted octanol–water partition coefficient (Wildman–Crippen LogP) is 3.81. The number of benzene rings is 2. The zero-order valence-electron chi connectivity index (χ0n) is 17.5. The highest BCUT2D eigenvalue weighted by molar-refractivity contribution is 7.89. The zero-order valence-corrected chi connectivity index (χ0v) is 18.3. The quantitative estimate of drug-likeness (QED) is 0.587. The Kier molecular flexibility index (Phi) is 5.90. The van der Waals surface area contributed by atoms with Crippen LogP contribution >= 0.6 is 0 Å². The summed E-state index contributed by atoms with van der Waals surface area (Å²) in [4.78, 5) is 7.05. The molecule has 1 fully saturated rings. The van der Waals surface area contributed by atoms with Gasteiger partial charge in [-0.1, -0.05) is 68.2 Å². The average molecular weight is 429 g/mol. The van der Waals surface area contributed by atoms with Crippen molar-refractivity contribution in [3.63, 3.8) is 0 Å². The second-order valence-corrected chi connectivity index (χ2v) is 9.50. The molecule has 0 amide bonds. The van der Waals surface area contributed by atoms with Gasteiger partial charge in [0, 0.05) is 5.39 Å². The molecule has 0 spiro atoms. The first-order valence-corrected chi connectivity index (χ1v) is 12.0. The number of hydrogen-bond donors (Lipinski definition) is 1. The van der Waals surface area contributed by atoms with E-state index in [1.165, 1.54) is 0 Å². The summed E-state index contributed by atoms with van der Waals surface area (Å²) in [6.45, 7) is 6.49. The van der Waals surface area contributed by atoms with Gasteiger partial charge in [-0.15, -0.1) is 0 Å². The van der Waals surface area contributed by atoms with Crippen LogP contribution in [0.15, 0.2) is 51.9 Å². The van der Waals surface area contributed by atoms with Crippen LogP contribution in [0.3, 0.4) is 0 Å². The summed E-state index contributed by atoms with van der Waals surface area (Å²) < 4.78 is 35.4. The summed E-state index contributed by atoms with van der Waals surface area (Å²) in [6.07, 6.45) is 3.14. The van der Waals surface area contributed by atoms with Crippen molar-refractivity contribution in [2.45, 2.75) is 56.5 Å². The van der Waals surface area contributed by atoms with Crippen LogP contribution in [0.2, 0.25) is 0 Å². The van der Waals surface area contributed by atoms with Gasteiger partial charge in [0.2, 0.25) is 15.9 Å². The lowest BCUT2D eigenvalue weighted by Crippen LogP contribution is -2.44. The molecule has 0 radical (unpaired) electrons. The van der Waals surface area contributed by atoms with Crippen LogP contribution < -0.4 is 4.72 Å². The molecule has 1 heterocycles. The molecule has 1 N–H and O–H groups in total. The Hall–Kier alpha value is -2.29. The summed E-state index contributed by atoms with van der Waals surface area (Å²) >= 11 is 0. The molecule has 1 aromatic heterocycles. The van der Waals surface area contributed by atoms with Crippen molar-refractivity contribution < 1.29 is 12.9 Å². The van der Waals surface area contributed by atoms with Crippen LogP contribution in [-0.2, 0) is 22.1 Å². The molecule has 1 aliphatic carbocycles. The Balaban J connectivity index is 1.67. The third kappa shape index (κ3) is 3.99. The molecule has 7 nitrogen and oxygen atoms in total. The molecule has 4 rings (SSSR count). The molecule has 1 saturated carbocycles. The molecule has 0 atom stereocenters. The smallest absolute Gasteiger partial charge is 0.242 e. The highest BCUT2D eigenvalue weighted by Gasteiger charge is 2.43. The fourth-order valence-corrected chi connectivity index (χ4v) is 5.90. The number of fused-ring (bicyclic) bond motifs is 1. The number of nitrogens with one attached hydrogen (secondary N) is 1. The zero-order chi connectivity index (χ0) is 21.2. The molecule has 0 bridgehead atoms. The molecule has 30 heavy (non-hydrogen) atoms. The summed E-state index contributed by atoms with van der Waals surface area (Å²) in [5, 5.41) is 5.79. The van der Waals surface area contributed by atoms with E-state index in [2.05, 4.69) is 33.6 Å². The Morgan fingerprint density at radius 2 is 1.77 bits per heavy atom. The highest BCUT2D eigenvalue weighted by Crippen LogP contribution is 2.39. The van der Waals surface area contributed by atoms with E-state index < -0.39 is 15.6 Å². The van der Waals surface area contributed by atoms with E-state index in [0.29, 0.717) is 36.5 Å². The molecule has 0 saturated heterocycles.